The van der Waals surface area contributed by atoms with Gasteiger partial charge in [-0.15, -0.1) is 21.7 Å². The highest BCUT2D eigenvalue weighted by atomic mass is 35.5. The maximum atomic E-state index is 9.09. The molecule has 0 saturated heterocycles. The SMILES string of the molecule is C#Cc1cnc2ccc(C#Cc3cccnc3)cc2c1Nc1ccc(Oc2ccncc2)cc1.Clc1cccc(Nc2ccnc3ccc(-c4cncc(-c5nn[nH]n5)c4)cc23)c1.Clc1cccc(Nc2ccnc3ccc(-c4cncc(-n5cnnn5)c4)cc23)c1.N#Cc1cncc(-c2ccc3nccc(Nc4cccc(Cl)c4)c3c2)c1.Nc1cncc(-c2ccc3nccc(Nc4cccc(Cl)c4)c3c2)c1. The first kappa shape index (κ1) is 92.7. The number of ether oxygens (including phenoxy) is 1. The fraction of sp³-hybridized carbons (Fsp3) is 0. The summed E-state index contributed by atoms with van der Waals surface area (Å²) in [5, 5.41) is 59.2. The van der Waals surface area contributed by atoms with E-state index in [2.05, 4.69) is 160 Å². The molecule has 13 aromatic heterocycles. The van der Waals surface area contributed by atoms with Crippen molar-refractivity contribution in [2.75, 3.05) is 32.3 Å². The average molecular weight is 1940 g/mol. The predicted octanol–water partition coefficient (Wildman–Crippen LogP) is 26.3. The van der Waals surface area contributed by atoms with Crippen LogP contribution in [0.15, 0.2) is 397 Å². The molecule has 0 amide bonds. The monoisotopic (exact) mass is 1940 g/mol. The molecule has 27 nitrogen and oxygen atoms in total. The van der Waals surface area contributed by atoms with Gasteiger partial charge >= 0.3 is 0 Å². The molecule has 0 aliphatic carbocycles. The minimum atomic E-state index is 0.505. The van der Waals surface area contributed by atoms with Gasteiger partial charge in [0.1, 0.15) is 23.9 Å². The summed E-state index contributed by atoms with van der Waals surface area (Å²) in [5.74, 6) is 11.0. The van der Waals surface area contributed by atoms with Gasteiger partial charge in [-0.3, -0.25) is 54.8 Å². The van der Waals surface area contributed by atoms with Crippen LogP contribution >= 0.6 is 46.4 Å². The van der Waals surface area contributed by atoms with Crippen LogP contribution in [-0.4, -0.2) is 95.7 Å². The van der Waals surface area contributed by atoms with E-state index in [1.807, 2.05) is 279 Å². The van der Waals surface area contributed by atoms with Crippen molar-refractivity contribution >= 4 is 163 Å². The molecule has 10 aromatic carbocycles. The number of aromatic nitrogens is 19. The summed E-state index contributed by atoms with van der Waals surface area (Å²) < 4.78 is 7.42. The largest absolute Gasteiger partial charge is 0.457 e. The van der Waals surface area contributed by atoms with Crippen LogP contribution in [0.2, 0.25) is 20.1 Å². The Labute approximate surface area is 838 Å². The number of terminal acetylenes is 1. The lowest BCUT2D eigenvalue weighted by molar-refractivity contribution is 0.482. The Hall–Kier alpha value is -19.3. The lowest BCUT2D eigenvalue weighted by Crippen LogP contribution is -1.97. The zero-order chi connectivity index (χ0) is 97.6. The van der Waals surface area contributed by atoms with Gasteiger partial charge in [0, 0.05) is 236 Å². The Morgan fingerprint density at radius 3 is 1.29 bits per heavy atom. The van der Waals surface area contributed by atoms with Crippen molar-refractivity contribution in [3.63, 3.8) is 0 Å². The fourth-order valence-electron chi connectivity index (χ4n) is 15.3. The minimum absolute atomic E-state index is 0.505. The molecule has 0 aliphatic rings. The zero-order valence-corrected chi connectivity index (χ0v) is 78.1. The van der Waals surface area contributed by atoms with Crippen molar-refractivity contribution in [1.29, 1.82) is 5.26 Å². The maximum Gasteiger partial charge on any atom is 0.206 e. The highest BCUT2D eigenvalue weighted by molar-refractivity contribution is 6.32. The summed E-state index contributed by atoms with van der Waals surface area (Å²) in [6.07, 6.45) is 36.8. The van der Waals surface area contributed by atoms with Crippen molar-refractivity contribution in [3.8, 4) is 103 Å². The molecule has 0 bridgehead atoms. The second-order valence-corrected chi connectivity index (χ2v) is 33.5. The van der Waals surface area contributed by atoms with E-state index in [-0.39, 0.29) is 0 Å². The first-order chi connectivity index (χ1) is 70.2. The molecular formula is C112H74Cl4N26O. The van der Waals surface area contributed by atoms with Gasteiger partial charge in [0.2, 0.25) is 5.82 Å². The van der Waals surface area contributed by atoms with Crippen LogP contribution in [0.25, 0.3) is 116 Å². The molecule has 23 rings (SSSR count). The van der Waals surface area contributed by atoms with Crippen LogP contribution in [0.5, 0.6) is 11.5 Å². The summed E-state index contributed by atoms with van der Waals surface area (Å²) in [7, 11) is 0. The number of H-pyrrole nitrogens is 1. The summed E-state index contributed by atoms with van der Waals surface area (Å²) in [6, 6.07) is 93.3. The Balaban J connectivity index is 0.000000114. The maximum absolute atomic E-state index is 9.09. The average Bonchev–Trinajstić information content (AvgIpc) is 0.999. The van der Waals surface area contributed by atoms with E-state index in [4.69, 9.17) is 68.6 Å². The molecule has 0 fully saturated rings. The number of pyridine rings is 11. The van der Waals surface area contributed by atoms with Gasteiger partial charge in [-0.05, 0) is 274 Å². The lowest BCUT2D eigenvalue weighted by Gasteiger charge is -2.13. The quantitative estimate of drug-likeness (QED) is 0.0392. The van der Waals surface area contributed by atoms with Gasteiger partial charge in [0.25, 0.3) is 0 Å². The first-order valence-electron chi connectivity index (χ1n) is 44.1. The third kappa shape index (κ3) is 23.5. The second kappa shape index (κ2) is 44.2. The Morgan fingerprint density at radius 2 is 0.811 bits per heavy atom. The second-order valence-electron chi connectivity index (χ2n) is 31.7. The van der Waals surface area contributed by atoms with Crippen LogP contribution < -0.4 is 37.1 Å². The van der Waals surface area contributed by atoms with Crippen LogP contribution in [0.4, 0.5) is 62.6 Å². The molecule has 143 heavy (non-hydrogen) atoms. The van der Waals surface area contributed by atoms with Gasteiger partial charge in [-0.1, -0.05) is 113 Å². The van der Waals surface area contributed by atoms with E-state index in [9.17, 15) is 0 Å². The summed E-state index contributed by atoms with van der Waals surface area (Å²) in [5.41, 5.74) is 32.3. The number of hydrogen-bond donors (Lipinski definition) is 7. The van der Waals surface area contributed by atoms with Gasteiger partial charge in [0.15, 0.2) is 0 Å². The van der Waals surface area contributed by atoms with Crippen molar-refractivity contribution in [2.24, 2.45) is 0 Å². The number of nitrogens with one attached hydrogen (secondary N) is 6. The molecular weight excluding hydrogens is 1870 g/mol. The molecule has 0 atom stereocenters. The Bertz CT molecular complexity index is 8490. The van der Waals surface area contributed by atoms with Gasteiger partial charge in [0.05, 0.1) is 62.0 Å². The summed E-state index contributed by atoms with van der Waals surface area (Å²) in [6.45, 7) is 0. The Kier molecular flexibility index (Phi) is 28.7. The number of anilines is 11. The molecule has 0 radical (unpaired) electrons. The zero-order valence-electron chi connectivity index (χ0n) is 75.1. The number of nitriles is 1. The van der Waals surface area contributed by atoms with Crippen LogP contribution in [0.1, 0.15) is 22.3 Å². The first-order valence-corrected chi connectivity index (χ1v) is 45.6. The number of fused-ring (bicyclic) bond motifs is 5. The van der Waals surface area contributed by atoms with Crippen molar-refractivity contribution < 1.29 is 4.74 Å². The topological polar surface area (TPSA) is 359 Å². The molecule has 0 spiro atoms. The number of halogens is 4. The smallest absolute Gasteiger partial charge is 0.206 e. The van der Waals surface area contributed by atoms with Gasteiger partial charge < -0.3 is 37.1 Å². The molecule has 8 N–H and O–H groups in total. The number of tetrazole rings is 2. The van der Waals surface area contributed by atoms with E-state index < -0.39 is 0 Å². The number of nitrogen functional groups attached to an aromatic ring is 1. The number of nitrogens with two attached hydrogens (primary N) is 1. The van der Waals surface area contributed by atoms with Crippen LogP contribution in [0.3, 0.4) is 0 Å². The molecule has 31 heteroatoms. The number of benzene rings is 10. The Morgan fingerprint density at radius 1 is 0.350 bits per heavy atom. The third-order valence-electron chi connectivity index (χ3n) is 22.1. The molecule has 686 valence electrons. The van der Waals surface area contributed by atoms with E-state index in [0.717, 1.165) is 190 Å². The van der Waals surface area contributed by atoms with Crippen molar-refractivity contribution in [3.05, 3.63) is 439 Å². The van der Waals surface area contributed by atoms with Crippen LogP contribution in [-0.2, 0) is 0 Å². The highest BCUT2D eigenvalue weighted by Gasteiger charge is 2.17. The van der Waals surface area contributed by atoms with Crippen molar-refractivity contribution in [1.82, 2.24) is 95.7 Å². The van der Waals surface area contributed by atoms with Crippen LogP contribution in [0, 0.1) is 35.5 Å². The number of hydrogen-bond acceptors (Lipinski definition) is 25. The normalized spacial score (nSPS) is 10.6. The molecule has 0 unspecified atom stereocenters. The van der Waals surface area contributed by atoms with Gasteiger partial charge in [-0.25, -0.2) is 0 Å². The standard InChI is InChI=1S/C29H18N4O.2C21H14ClN7.C21H13ClN4.C20H15ClN4/c1-2-23-20-32-28-12-7-21(5-6-22-4-3-15-31-19-22)18-27(28)29(23)33-24-8-10-25(11-9-24)34-26-13-16-30-17-14-26;22-16-2-1-3-17(10-16)26-21-6-7-24-20-5-4-14(9-19(20)21)15-8-18(12-23-11-15)29-13-25-27-28-29;22-16-2-1-3-17(10-16)25-20-6-7-24-19-5-4-13(9-18(19)20)14-8-15(12-23-11-14)21-26-28-29-27-21;22-17-2-1-3-18(10-17)26-21-6-7-25-20-5-4-15(9-19(20)21)16-8-14(11-23)12-24-13-16;21-15-2-1-3-17(10-15)25-20-6-7-24-19-5-4-13(9-18(19)20)14-8-16(22)12-23-11-14/h1,3-4,7-20H,(H,32,33);1-13H,(H,24,26);1-12H,(H,24,25)(H,26,27,28,29);1-10,12-13H,(H,25,26);1-12H,22H2,(H,24,25). The number of nitrogens with zero attached hydrogens (tertiary/aromatic N) is 19. The molecule has 0 aliphatic heterocycles. The summed E-state index contributed by atoms with van der Waals surface area (Å²) >= 11 is 24.4. The van der Waals surface area contributed by atoms with Crippen molar-refractivity contribution in [2.45, 2.75) is 0 Å². The molecule has 13 heterocycles. The van der Waals surface area contributed by atoms with Gasteiger partial charge in [-0.2, -0.15) is 15.2 Å². The highest BCUT2D eigenvalue weighted by Crippen LogP contribution is 2.39. The fourth-order valence-corrected chi connectivity index (χ4v) is 16.0. The number of aromatic amines is 1. The minimum Gasteiger partial charge on any atom is -0.457 e. The third-order valence-corrected chi connectivity index (χ3v) is 23.0. The summed E-state index contributed by atoms with van der Waals surface area (Å²) in [4.78, 5) is 47.4. The molecule has 23 aromatic rings. The lowest BCUT2D eigenvalue weighted by atomic mass is 10.0. The molecule has 0 saturated carbocycles. The van der Waals surface area contributed by atoms with E-state index >= 15 is 0 Å². The number of rotatable bonds is 18. The van der Waals surface area contributed by atoms with E-state index in [0.29, 0.717) is 42.7 Å². The van der Waals surface area contributed by atoms with E-state index in [1.54, 1.807) is 97.6 Å². The van der Waals surface area contributed by atoms with E-state index in [1.165, 1.54) is 6.33 Å². The predicted molar refractivity (Wildman–Crippen MR) is 568 cm³/mol.